The van der Waals surface area contributed by atoms with E-state index >= 15 is 0 Å². The van der Waals surface area contributed by atoms with Crippen LogP contribution in [0.4, 0.5) is 0 Å². The smallest absolute Gasteiger partial charge is 0.219 e. The lowest BCUT2D eigenvalue weighted by molar-refractivity contribution is 0.461. The summed E-state index contributed by atoms with van der Waals surface area (Å²) in [5, 5.41) is 3.37. The highest BCUT2D eigenvalue weighted by atomic mass is 79.9. The molecule has 2 rings (SSSR count). The van der Waals surface area contributed by atoms with Gasteiger partial charge in [0.25, 0.3) is 0 Å². The Hall–Kier alpha value is -1.39. The van der Waals surface area contributed by atoms with Crippen molar-refractivity contribution in [3.8, 4) is 11.6 Å². The molecule has 0 bridgehead atoms. The Morgan fingerprint density at radius 1 is 1.19 bits per heavy atom. The number of hydrogen-bond donors (Lipinski definition) is 1. The summed E-state index contributed by atoms with van der Waals surface area (Å²) in [7, 11) is 0. The van der Waals surface area contributed by atoms with Crippen LogP contribution >= 0.6 is 15.9 Å². The monoisotopic (exact) mass is 348 g/mol. The van der Waals surface area contributed by atoms with Gasteiger partial charge in [-0.3, -0.25) is 0 Å². The van der Waals surface area contributed by atoms with Crippen LogP contribution in [0.25, 0.3) is 0 Å². The van der Waals surface area contributed by atoms with Crippen molar-refractivity contribution >= 4 is 15.9 Å². The number of aryl methyl sites for hydroxylation is 2. The molecule has 0 spiro atoms. The summed E-state index contributed by atoms with van der Waals surface area (Å²) in [4.78, 5) is 4.36. The molecule has 1 aromatic carbocycles. The normalized spacial score (nSPS) is 11.0. The van der Waals surface area contributed by atoms with Gasteiger partial charge < -0.3 is 10.1 Å². The molecule has 3 nitrogen and oxygen atoms in total. The molecule has 0 fully saturated rings. The third kappa shape index (κ3) is 4.55. The van der Waals surface area contributed by atoms with Gasteiger partial charge in [-0.25, -0.2) is 4.98 Å². The van der Waals surface area contributed by atoms with Gasteiger partial charge in [-0.05, 0) is 42.7 Å². The number of nitrogens with one attached hydrogen (secondary N) is 1. The largest absolute Gasteiger partial charge is 0.439 e. The number of halogens is 1. The molecule has 0 radical (unpaired) electrons. The van der Waals surface area contributed by atoms with Gasteiger partial charge >= 0.3 is 0 Å². The molecule has 1 aromatic heterocycles. The van der Waals surface area contributed by atoms with Crippen LogP contribution in [0.3, 0.4) is 0 Å². The van der Waals surface area contributed by atoms with E-state index in [1.54, 1.807) is 0 Å². The van der Waals surface area contributed by atoms with E-state index in [9.17, 15) is 0 Å². The molecule has 0 saturated carbocycles. The first-order chi connectivity index (χ1) is 9.95. The fourth-order valence-corrected chi connectivity index (χ4v) is 2.21. The molecule has 1 N–H and O–H groups in total. The second-order valence-corrected chi connectivity index (χ2v) is 6.31. The molecule has 0 aliphatic rings. The first kappa shape index (κ1) is 16.0. The molecular weight excluding hydrogens is 328 g/mol. The molecule has 1 heterocycles. The van der Waals surface area contributed by atoms with Crippen molar-refractivity contribution in [1.82, 2.24) is 10.3 Å². The molecule has 0 amide bonds. The van der Waals surface area contributed by atoms with Crippen molar-refractivity contribution in [2.24, 2.45) is 0 Å². The number of pyridine rings is 1. The zero-order valence-electron chi connectivity index (χ0n) is 12.9. The minimum absolute atomic E-state index is 0.467. The Morgan fingerprint density at radius 3 is 2.38 bits per heavy atom. The van der Waals surface area contributed by atoms with Gasteiger partial charge in [-0.15, -0.1) is 0 Å². The molecule has 21 heavy (non-hydrogen) atoms. The Labute approximate surface area is 134 Å². The van der Waals surface area contributed by atoms with Gasteiger partial charge in [0.05, 0.1) is 0 Å². The van der Waals surface area contributed by atoms with Crippen LogP contribution in [0.5, 0.6) is 11.6 Å². The van der Waals surface area contributed by atoms with E-state index < -0.39 is 0 Å². The van der Waals surface area contributed by atoms with Crippen molar-refractivity contribution < 1.29 is 4.74 Å². The van der Waals surface area contributed by atoms with Crippen LogP contribution in [0.15, 0.2) is 34.9 Å². The molecule has 4 heteroatoms. The summed E-state index contributed by atoms with van der Waals surface area (Å²) in [6, 6.07) is 8.43. The standard InChI is InChI=1S/C17H21BrN2O/c1-11(2)19-9-14-5-6-16(20-10-14)21-15-7-12(3)17(18)13(4)8-15/h5-8,10-11,19H,9H2,1-4H3. The Balaban J connectivity index is 2.06. The second-order valence-electron chi connectivity index (χ2n) is 5.51. The minimum Gasteiger partial charge on any atom is -0.439 e. The number of rotatable bonds is 5. The van der Waals surface area contributed by atoms with Crippen molar-refractivity contribution in [1.29, 1.82) is 0 Å². The zero-order valence-corrected chi connectivity index (χ0v) is 14.5. The third-order valence-electron chi connectivity index (χ3n) is 3.14. The average Bonchev–Trinajstić information content (AvgIpc) is 2.44. The van der Waals surface area contributed by atoms with Gasteiger partial charge in [0, 0.05) is 29.3 Å². The van der Waals surface area contributed by atoms with E-state index in [1.807, 2.05) is 30.5 Å². The second kappa shape index (κ2) is 7.05. The first-order valence-corrected chi connectivity index (χ1v) is 7.88. The molecule has 112 valence electrons. The van der Waals surface area contributed by atoms with E-state index in [2.05, 4.69) is 53.9 Å². The minimum atomic E-state index is 0.467. The molecule has 0 aliphatic carbocycles. The van der Waals surface area contributed by atoms with E-state index in [4.69, 9.17) is 4.74 Å². The molecule has 0 atom stereocenters. The summed E-state index contributed by atoms with van der Waals surface area (Å²) in [6.07, 6.45) is 1.85. The van der Waals surface area contributed by atoms with Crippen LogP contribution in [-0.2, 0) is 6.54 Å². The van der Waals surface area contributed by atoms with Gasteiger partial charge in [-0.1, -0.05) is 35.8 Å². The first-order valence-electron chi connectivity index (χ1n) is 7.08. The van der Waals surface area contributed by atoms with Gasteiger partial charge in [-0.2, -0.15) is 0 Å². The maximum atomic E-state index is 5.82. The fraction of sp³-hybridized carbons (Fsp3) is 0.353. The predicted molar refractivity (Wildman–Crippen MR) is 89.9 cm³/mol. The van der Waals surface area contributed by atoms with Crippen LogP contribution in [0, 0.1) is 13.8 Å². The lowest BCUT2D eigenvalue weighted by atomic mass is 10.1. The summed E-state index contributed by atoms with van der Waals surface area (Å²) in [5.74, 6) is 1.43. The summed E-state index contributed by atoms with van der Waals surface area (Å²) in [5.41, 5.74) is 3.46. The molecule has 2 aromatic rings. The van der Waals surface area contributed by atoms with Crippen molar-refractivity contribution in [3.05, 3.63) is 51.6 Å². The van der Waals surface area contributed by atoms with Crippen molar-refractivity contribution in [2.75, 3.05) is 0 Å². The molecule has 0 unspecified atom stereocenters. The molecule has 0 aliphatic heterocycles. The van der Waals surface area contributed by atoms with Crippen LogP contribution < -0.4 is 10.1 Å². The topological polar surface area (TPSA) is 34.1 Å². The van der Waals surface area contributed by atoms with Gasteiger partial charge in [0.1, 0.15) is 5.75 Å². The summed E-state index contributed by atoms with van der Waals surface area (Å²) >= 11 is 3.56. The van der Waals surface area contributed by atoms with E-state index in [-0.39, 0.29) is 0 Å². The van der Waals surface area contributed by atoms with Crippen LogP contribution in [-0.4, -0.2) is 11.0 Å². The predicted octanol–water partition coefficient (Wildman–Crippen LogP) is 4.75. The van der Waals surface area contributed by atoms with E-state index in [0.29, 0.717) is 11.9 Å². The van der Waals surface area contributed by atoms with E-state index in [1.165, 1.54) is 0 Å². The summed E-state index contributed by atoms with van der Waals surface area (Å²) in [6.45, 7) is 9.18. The lowest BCUT2D eigenvalue weighted by Crippen LogP contribution is -2.21. The fourth-order valence-electron chi connectivity index (χ4n) is 1.98. The highest BCUT2D eigenvalue weighted by Gasteiger charge is 2.05. The quantitative estimate of drug-likeness (QED) is 0.846. The molecular formula is C17H21BrN2O. The maximum Gasteiger partial charge on any atom is 0.219 e. The van der Waals surface area contributed by atoms with Crippen molar-refractivity contribution in [2.45, 2.75) is 40.3 Å². The van der Waals surface area contributed by atoms with Crippen molar-refractivity contribution in [3.63, 3.8) is 0 Å². The lowest BCUT2D eigenvalue weighted by Gasteiger charge is -2.10. The Morgan fingerprint density at radius 2 is 1.86 bits per heavy atom. The molecule has 0 saturated heterocycles. The van der Waals surface area contributed by atoms with Crippen LogP contribution in [0.1, 0.15) is 30.5 Å². The highest BCUT2D eigenvalue weighted by Crippen LogP contribution is 2.28. The maximum absolute atomic E-state index is 5.82. The third-order valence-corrected chi connectivity index (χ3v) is 4.40. The highest BCUT2D eigenvalue weighted by molar-refractivity contribution is 9.10. The number of nitrogens with zero attached hydrogens (tertiary/aromatic N) is 1. The SMILES string of the molecule is Cc1cc(Oc2ccc(CNC(C)C)cn2)cc(C)c1Br. The number of hydrogen-bond acceptors (Lipinski definition) is 3. The Kier molecular flexibility index (Phi) is 5.37. The van der Waals surface area contributed by atoms with Crippen LogP contribution in [0.2, 0.25) is 0 Å². The van der Waals surface area contributed by atoms with E-state index in [0.717, 1.165) is 33.5 Å². The average molecular weight is 349 g/mol. The number of aromatic nitrogens is 1. The number of benzene rings is 1. The van der Waals surface area contributed by atoms with Gasteiger partial charge in [0.15, 0.2) is 0 Å². The number of ether oxygens (including phenoxy) is 1. The van der Waals surface area contributed by atoms with Gasteiger partial charge in [0.2, 0.25) is 5.88 Å². The zero-order chi connectivity index (χ0) is 15.4. The summed E-state index contributed by atoms with van der Waals surface area (Å²) < 4.78 is 6.95. The Bertz CT molecular complexity index is 586.